The predicted octanol–water partition coefficient (Wildman–Crippen LogP) is 5.59. The maximum atomic E-state index is 12.6. The highest BCUT2D eigenvalue weighted by molar-refractivity contribution is 7.92. The number of anilines is 2. The van der Waals surface area contributed by atoms with E-state index in [4.69, 9.17) is 27.9 Å². The molecule has 0 bridgehead atoms. The third-order valence-corrected chi connectivity index (χ3v) is 6.15. The van der Waals surface area contributed by atoms with Crippen molar-refractivity contribution in [3.8, 4) is 5.75 Å². The minimum Gasteiger partial charge on any atom is -0.481 e. The van der Waals surface area contributed by atoms with Crippen LogP contribution in [0.2, 0.25) is 10.0 Å². The van der Waals surface area contributed by atoms with E-state index in [1.807, 2.05) is 6.92 Å². The van der Waals surface area contributed by atoms with Crippen LogP contribution < -0.4 is 14.8 Å². The summed E-state index contributed by atoms with van der Waals surface area (Å²) >= 11 is 11.8. The smallest absolute Gasteiger partial charge is 0.265 e. The molecule has 6 nitrogen and oxygen atoms in total. The summed E-state index contributed by atoms with van der Waals surface area (Å²) in [6.45, 7) is 1.83. The first kappa shape index (κ1) is 22.9. The molecule has 2 N–H and O–H groups in total. The predicted molar refractivity (Wildman–Crippen MR) is 123 cm³/mol. The van der Waals surface area contributed by atoms with Gasteiger partial charge in [-0.3, -0.25) is 9.52 Å². The molecular formula is C22H20Cl2N2O4S. The van der Waals surface area contributed by atoms with Crippen LogP contribution in [0.15, 0.2) is 77.7 Å². The summed E-state index contributed by atoms with van der Waals surface area (Å²) in [5.74, 6) is 0.185. The summed E-state index contributed by atoms with van der Waals surface area (Å²) in [5.41, 5.74) is 0.805. The van der Waals surface area contributed by atoms with E-state index < -0.39 is 16.1 Å². The number of sulfonamides is 1. The molecule has 0 radical (unpaired) electrons. The summed E-state index contributed by atoms with van der Waals surface area (Å²) in [6.07, 6.45) is -0.265. The number of halogens is 2. The second-order valence-electron chi connectivity index (χ2n) is 6.60. The molecule has 0 unspecified atom stereocenters. The second-order valence-corrected chi connectivity index (χ2v) is 9.15. The Kier molecular flexibility index (Phi) is 7.43. The largest absolute Gasteiger partial charge is 0.481 e. The third-order valence-electron chi connectivity index (χ3n) is 4.26. The molecule has 1 atom stereocenters. The third kappa shape index (κ3) is 6.37. The van der Waals surface area contributed by atoms with Crippen LogP contribution in [-0.2, 0) is 14.8 Å². The number of carbonyl (C=O) groups excluding carboxylic acids is 1. The molecule has 0 aliphatic heterocycles. The van der Waals surface area contributed by atoms with Crippen molar-refractivity contribution in [1.82, 2.24) is 0 Å². The monoisotopic (exact) mass is 478 g/mol. The summed E-state index contributed by atoms with van der Waals surface area (Å²) in [5, 5.41) is 3.73. The molecule has 0 saturated carbocycles. The van der Waals surface area contributed by atoms with E-state index in [2.05, 4.69) is 10.0 Å². The molecular weight excluding hydrogens is 459 g/mol. The molecule has 0 aliphatic rings. The molecule has 0 heterocycles. The Labute approximate surface area is 191 Å². The van der Waals surface area contributed by atoms with Crippen LogP contribution in [0.4, 0.5) is 11.4 Å². The van der Waals surface area contributed by atoms with Gasteiger partial charge >= 0.3 is 0 Å². The highest BCUT2D eigenvalue weighted by atomic mass is 35.5. The minimum atomic E-state index is -3.80. The van der Waals surface area contributed by atoms with Gasteiger partial charge in [0.25, 0.3) is 15.9 Å². The van der Waals surface area contributed by atoms with E-state index in [1.54, 1.807) is 42.5 Å². The molecule has 0 aromatic heterocycles. The van der Waals surface area contributed by atoms with Crippen molar-refractivity contribution in [2.75, 3.05) is 10.0 Å². The SMILES string of the molecule is CC[C@@H](Oc1ccc(Cl)cc1)C(=O)Nc1ccc(S(=O)(=O)Nc2cccc(Cl)c2)cc1. The van der Waals surface area contributed by atoms with Crippen LogP contribution in [-0.4, -0.2) is 20.4 Å². The fourth-order valence-corrected chi connectivity index (χ4v) is 4.07. The van der Waals surface area contributed by atoms with Crippen molar-refractivity contribution in [1.29, 1.82) is 0 Å². The van der Waals surface area contributed by atoms with Gasteiger partial charge in [0.05, 0.1) is 10.6 Å². The number of amides is 1. The van der Waals surface area contributed by atoms with Gasteiger partial charge in [0.1, 0.15) is 5.75 Å². The Balaban J connectivity index is 1.66. The molecule has 3 aromatic rings. The number of nitrogens with one attached hydrogen (secondary N) is 2. The minimum absolute atomic E-state index is 0.0509. The van der Waals surface area contributed by atoms with Gasteiger partial charge in [0.15, 0.2) is 6.10 Å². The Morgan fingerprint density at radius 1 is 0.935 bits per heavy atom. The van der Waals surface area contributed by atoms with Crippen molar-refractivity contribution >= 4 is 50.5 Å². The van der Waals surface area contributed by atoms with Crippen molar-refractivity contribution in [3.63, 3.8) is 0 Å². The summed E-state index contributed by atoms with van der Waals surface area (Å²) in [7, 11) is -3.80. The highest BCUT2D eigenvalue weighted by Crippen LogP contribution is 2.22. The zero-order valence-electron chi connectivity index (χ0n) is 16.5. The average molecular weight is 479 g/mol. The number of carbonyl (C=O) groups is 1. The van der Waals surface area contributed by atoms with E-state index in [0.29, 0.717) is 33.6 Å². The topological polar surface area (TPSA) is 84.5 Å². The Bertz CT molecular complexity index is 1150. The number of rotatable bonds is 8. The first-order valence-electron chi connectivity index (χ1n) is 9.38. The van der Waals surface area contributed by atoms with Crippen LogP contribution in [0.5, 0.6) is 5.75 Å². The molecule has 3 aromatic carbocycles. The first-order chi connectivity index (χ1) is 14.8. The molecule has 0 fully saturated rings. The van der Waals surface area contributed by atoms with Gasteiger partial charge in [-0.05, 0) is 73.2 Å². The average Bonchev–Trinajstić information content (AvgIpc) is 2.73. The van der Waals surface area contributed by atoms with Crippen LogP contribution in [0.3, 0.4) is 0 Å². The summed E-state index contributed by atoms with van der Waals surface area (Å²) in [4.78, 5) is 12.6. The molecule has 162 valence electrons. The number of hydrogen-bond acceptors (Lipinski definition) is 4. The Hall–Kier alpha value is -2.74. The lowest BCUT2D eigenvalue weighted by Crippen LogP contribution is -2.32. The lowest BCUT2D eigenvalue weighted by molar-refractivity contribution is -0.122. The van der Waals surface area contributed by atoms with E-state index in [1.165, 1.54) is 30.3 Å². The van der Waals surface area contributed by atoms with Crippen molar-refractivity contribution in [2.45, 2.75) is 24.3 Å². The zero-order valence-corrected chi connectivity index (χ0v) is 18.8. The standard InChI is InChI=1S/C22H20Cl2N2O4S/c1-2-21(30-19-10-6-15(23)7-11-19)22(27)25-17-8-12-20(13-9-17)31(28,29)26-18-5-3-4-16(24)14-18/h3-14,21,26H,2H2,1H3,(H,25,27)/t21-/m1/s1. The molecule has 0 spiro atoms. The molecule has 0 aliphatic carbocycles. The molecule has 31 heavy (non-hydrogen) atoms. The Morgan fingerprint density at radius 3 is 2.23 bits per heavy atom. The quantitative estimate of drug-likeness (QED) is 0.441. The maximum absolute atomic E-state index is 12.6. The number of ether oxygens (including phenoxy) is 1. The van der Waals surface area contributed by atoms with E-state index >= 15 is 0 Å². The highest BCUT2D eigenvalue weighted by Gasteiger charge is 2.19. The van der Waals surface area contributed by atoms with Gasteiger partial charge in [-0.2, -0.15) is 0 Å². The Morgan fingerprint density at radius 2 is 1.61 bits per heavy atom. The maximum Gasteiger partial charge on any atom is 0.265 e. The van der Waals surface area contributed by atoms with Crippen molar-refractivity contribution < 1.29 is 17.9 Å². The fraction of sp³-hybridized carbons (Fsp3) is 0.136. The molecule has 3 rings (SSSR count). The van der Waals surface area contributed by atoms with Crippen LogP contribution in [0.1, 0.15) is 13.3 Å². The zero-order chi connectivity index (χ0) is 22.4. The van der Waals surface area contributed by atoms with Gasteiger partial charge < -0.3 is 10.1 Å². The second kappa shape index (κ2) is 10.0. The summed E-state index contributed by atoms with van der Waals surface area (Å²) < 4.78 is 33.3. The van der Waals surface area contributed by atoms with Crippen molar-refractivity contribution in [2.24, 2.45) is 0 Å². The van der Waals surface area contributed by atoms with Crippen LogP contribution >= 0.6 is 23.2 Å². The molecule has 9 heteroatoms. The van der Waals surface area contributed by atoms with Gasteiger partial charge in [0, 0.05) is 15.7 Å². The van der Waals surface area contributed by atoms with E-state index in [9.17, 15) is 13.2 Å². The lowest BCUT2D eigenvalue weighted by Gasteiger charge is -2.17. The molecule has 1 amide bonds. The van der Waals surface area contributed by atoms with Gasteiger partial charge in [0.2, 0.25) is 0 Å². The van der Waals surface area contributed by atoms with Crippen LogP contribution in [0.25, 0.3) is 0 Å². The number of hydrogen-bond donors (Lipinski definition) is 2. The van der Waals surface area contributed by atoms with E-state index in [0.717, 1.165) is 0 Å². The van der Waals surface area contributed by atoms with Gasteiger partial charge in [-0.25, -0.2) is 8.42 Å². The van der Waals surface area contributed by atoms with Gasteiger partial charge in [-0.1, -0.05) is 36.2 Å². The van der Waals surface area contributed by atoms with Crippen LogP contribution in [0, 0.1) is 0 Å². The number of benzene rings is 3. The first-order valence-corrected chi connectivity index (χ1v) is 11.6. The van der Waals surface area contributed by atoms with Crippen molar-refractivity contribution in [3.05, 3.63) is 82.8 Å². The van der Waals surface area contributed by atoms with E-state index in [-0.39, 0.29) is 10.8 Å². The normalized spacial score (nSPS) is 12.1. The molecule has 0 saturated heterocycles. The lowest BCUT2D eigenvalue weighted by atomic mass is 10.2. The fourth-order valence-electron chi connectivity index (χ4n) is 2.71. The summed E-state index contributed by atoms with van der Waals surface area (Å²) in [6, 6.07) is 19.0. The van der Waals surface area contributed by atoms with Gasteiger partial charge in [-0.15, -0.1) is 0 Å².